The number of hydrogen-bond donors (Lipinski definition) is 0. The highest BCUT2D eigenvalue weighted by Gasteiger charge is 2.61. The molecular weight excluding hydrogens is 367 g/mol. The molecule has 6 nitrogen and oxygen atoms in total. The van der Waals surface area contributed by atoms with Crippen LogP contribution in [0.3, 0.4) is 0 Å². The Balaban J connectivity index is 1.45. The Morgan fingerprint density at radius 3 is 3.00 bits per heavy atom. The lowest BCUT2D eigenvalue weighted by Crippen LogP contribution is -2.56. The van der Waals surface area contributed by atoms with E-state index < -0.39 is 5.72 Å². The molecule has 3 aliphatic rings. The van der Waals surface area contributed by atoms with Gasteiger partial charge in [0, 0.05) is 24.5 Å². The van der Waals surface area contributed by atoms with Gasteiger partial charge in [-0.3, -0.25) is 9.59 Å². The second kappa shape index (κ2) is 6.34. The van der Waals surface area contributed by atoms with E-state index in [2.05, 4.69) is 0 Å². The number of ether oxygens (including phenoxy) is 2. The van der Waals surface area contributed by atoms with Crippen molar-refractivity contribution in [3.8, 4) is 5.75 Å². The maximum absolute atomic E-state index is 12.7. The summed E-state index contributed by atoms with van der Waals surface area (Å²) in [6.07, 6.45) is 1.80. The zero-order chi connectivity index (χ0) is 17.6. The van der Waals surface area contributed by atoms with Gasteiger partial charge in [0.15, 0.2) is 12.3 Å². The Hall–Kier alpha value is -1.50. The minimum atomic E-state index is -0.636. The maximum Gasteiger partial charge on any atom is 0.260 e. The van der Waals surface area contributed by atoms with Crippen LogP contribution < -0.4 is 4.74 Å². The third-order valence-corrected chi connectivity index (χ3v) is 5.71. The van der Waals surface area contributed by atoms with E-state index in [9.17, 15) is 9.59 Å². The quantitative estimate of drug-likeness (QED) is 0.802. The van der Waals surface area contributed by atoms with E-state index in [0.717, 1.165) is 6.42 Å². The van der Waals surface area contributed by atoms with Gasteiger partial charge in [0.25, 0.3) is 5.91 Å². The first-order chi connectivity index (χ1) is 12.0. The predicted octanol–water partition coefficient (Wildman–Crippen LogP) is 2.32. The van der Waals surface area contributed by atoms with Crippen molar-refractivity contribution in [3.63, 3.8) is 0 Å². The zero-order valence-corrected chi connectivity index (χ0v) is 15.1. The van der Waals surface area contributed by atoms with Crippen LogP contribution in [0.5, 0.6) is 5.75 Å². The standard InChI is InChI=1S/C17H18Cl2N2O4/c18-11-2-3-13(12(19)8-11)24-10-16(23)20-6-4-17-14(20)9-15(22)21(17)5-1-7-25-17/h2-3,8,14H,1,4-7,9-10H2/t14-,17+/m1/s1. The van der Waals surface area contributed by atoms with Crippen LogP contribution in [0, 0.1) is 0 Å². The number of benzene rings is 1. The summed E-state index contributed by atoms with van der Waals surface area (Å²) in [5.41, 5.74) is -0.636. The highest BCUT2D eigenvalue weighted by molar-refractivity contribution is 6.35. The fourth-order valence-corrected chi connectivity index (χ4v) is 4.53. The number of likely N-dealkylation sites (tertiary alicyclic amines) is 1. The topological polar surface area (TPSA) is 59.1 Å². The van der Waals surface area contributed by atoms with Gasteiger partial charge in [0.05, 0.1) is 24.1 Å². The first-order valence-electron chi connectivity index (χ1n) is 8.33. The lowest BCUT2D eigenvalue weighted by molar-refractivity contribution is -0.182. The Labute approximate surface area is 155 Å². The number of amides is 2. The van der Waals surface area contributed by atoms with E-state index in [1.807, 2.05) is 4.90 Å². The van der Waals surface area contributed by atoms with E-state index in [-0.39, 0.29) is 24.5 Å². The van der Waals surface area contributed by atoms with E-state index in [4.69, 9.17) is 32.7 Å². The summed E-state index contributed by atoms with van der Waals surface area (Å²) >= 11 is 11.9. The van der Waals surface area contributed by atoms with Crippen molar-refractivity contribution in [1.82, 2.24) is 9.80 Å². The molecule has 3 saturated heterocycles. The lowest BCUT2D eigenvalue weighted by Gasteiger charge is -2.42. The van der Waals surface area contributed by atoms with Crippen LogP contribution in [-0.2, 0) is 14.3 Å². The summed E-state index contributed by atoms with van der Waals surface area (Å²) in [7, 11) is 0. The van der Waals surface area contributed by atoms with Crippen molar-refractivity contribution in [3.05, 3.63) is 28.2 Å². The molecule has 0 N–H and O–H groups in total. The molecule has 2 amide bonds. The molecule has 2 atom stereocenters. The van der Waals surface area contributed by atoms with Crippen LogP contribution in [0.25, 0.3) is 0 Å². The lowest BCUT2D eigenvalue weighted by atomic mass is 10.0. The first kappa shape index (κ1) is 16.9. The van der Waals surface area contributed by atoms with Crippen molar-refractivity contribution in [2.45, 2.75) is 31.0 Å². The number of nitrogens with zero attached hydrogens (tertiary/aromatic N) is 2. The molecule has 0 aliphatic carbocycles. The van der Waals surface area contributed by atoms with Gasteiger partial charge >= 0.3 is 0 Å². The Kier molecular flexibility index (Phi) is 4.30. The number of hydrogen-bond acceptors (Lipinski definition) is 4. The molecule has 0 aromatic heterocycles. The van der Waals surface area contributed by atoms with E-state index in [0.29, 0.717) is 48.3 Å². The van der Waals surface area contributed by atoms with Crippen molar-refractivity contribution >= 4 is 35.0 Å². The summed E-state index contributed by atoms with van der Waals surface area (Å²) in [5, 5.41) is 0.861. The van der Waals surface area contributed by atoms with Crippen LogP contribution in [0.4, 0.5) is 0 Å². The molecule has 0 saturated carbocycles. The maximum atomic E-state index is 12.7. The normalized spacial score (nSPS) is 28.1. The Bertz CT molecular complexity index is 729. The number of carbonyl (C=O) groups excluding carboxylic acids is 2. The molecule has 3 aliphatic heterocycles. The minimum absolute atomic E-state index is 0.0591. The third-order valence-electron chi connectivity index (χ3n) is 5.18. The minimum Gasteiger partial charge on any atom is -0.482 e. The highest BCUT2D eigenvalue weighted by Crippen LogP contribution is 2.44. The molecule has 1 spiro atoms. The highest BCUT2D eigenvalue weighted by atomic mass is 35.5. The van der Waals surface area contributed by atoms with Gasteiger partial charge in [-0.25, -0.2) is 0 Å². The summed E-state index contributed by atoms with van der Waals surface area (Å²) in [6, 6.07) is 4.62. The Morgan fingerprint density at radius 1 is 1.36 bits per heavy atom. The summed E-state index contributed by atoms with van der Waals surface area (Å²) < 4.78 is 11.5. The monoisotopic (exact) mass is 384 g/mol. The average Bonchev–Trinajstić information content (AvgIpc) is 3.06. The van der Waals surface area contributed by atoms with Crippen LogP contribution in [-0.4, -0.2) is 59.7 Å². The van der Waals surface area contributed by atoms with Gasteiger partial charge in [0.1, 0.15) is 5.75 Å². The molecule has 1 aromatic rings. The van der Waals surface area contributed by atoms with Crippen LogP contribution in [0.15, 0.2) is 18.2 Å². The third kappa shape index (κ3) is 2.76. The number of rotatable bonds is 3. The van der Waals surface area contributed by atoms with Gasteiger partial charge in [-0.15, -0.1) is 0 Å². The fraction of sp³-hybridized carbons (Fsp3) is 0.529. The summed E-state index contributed by atoms with van der Waals surface area (Å²) in [4.78, 5) is 28.5. The van der Waals surface area contributed by atoms with Crippen molar-refractivity contribution < 1.29 is 19.1 Å². The van der Waals surface area contributed by atoms with Gasteiger partial charge in [0.2, 0.25) is 5.91 Å². The second-order valence-corrected chi connectivity index (χ2v) is 7.36. The van der Waals surface area contributed by atoms with Crippen LogP contribution in [0.1, 0.15) is 19.3 Å². The van der Waals surface area contributed by atoms with Crippen molar-refractivity contribution in [2.24, 2.45) is 0 Å². The molecular formula is C17H18Cl2N2O4. The molecule has 4 rings (SSSR count). The van der Waals surface area contributed by atoms with Crippen molar-refractivity contribution in [1.29, 1.82) is 0 Å². The molecule has 25 heavy (non-hydrogen) atoms. The first-order valence-corrected chi connectivity index (χ1v) is 9.08. The SMILES string of the molecule is O=C(COc1ccc(Cl)cc1Cl)N1CC[C@@]23OCCCN2C(=O)C[C@@H]13. The second-order valence-electron chi connectivity index (χ2n) is 6.51. The van der Waals surface area contributed by atoms with Crippen LogP contribution >= 0.6 is 23.2 Å². The van der Waals surface area contributed by atoms with E-state index in [1.54, 1.807) is 23.1 Å². The molecule has 8 heteroatoms. The Morgan fingerprint density at radius 2 is 2.20 bits per heavy atom. The predicted molar refractivity (Wildman–Crippen MR) is 91.7 cm³/mol. The van der Waals surface area contributed by atoms with Crippen LogP contribution in [0.2, 0.25) is 10.0 Å². The molecule has 1 aromatic carbocycles. The smallest absolute Gasteiger partial charge is 0.260 e. The van der Waals surface area contributed by atoms with Gasteiger partial charge in [-0.05, 0) is 24.6 Å². The molecule has 134 valence electrons. The molecule has 3 heterocycles. The fourth-order valence-electron chi connectivity index (χ4n) is 4.06. The van der Waals surface area contributed by atoms with Gasteiger partial charge in [-0.2, -0.15) is 0 Å². The molecule has 0 radical (unpaired) electrons. The van der Waals surface area contributed by atoms with E-state index in [1.165, 1.54) is 0 Å². The molecule has 0 unspecified atom stereocenters. The number of halogens is 2. The summed E-state index contributed by atoms with van der Waals surface area (Å²) in [6.45, 7) is 1.75. The number of carbonyl (C=O) groups is 2. The van der Waals surface area contributed by atoms with Crippen molar-refractivity contribution in [2.75, 3.05) is 26.3 Å². The average molecular weight is 385 g/mol. The summed E-state index contributed by atoms with van der Waals surface area (Å²) in [5.74, 6) is 0.298. The zero-order valence-electron chi connectivity index (χ0n) is 13.5. The molecule has 0 bridgehead atoms. The van der Waals surface area contributed by atoms with E-state index >= 15 is 0 Å². The largest absolute Gasteiger partial charge is 0.482 e. The van der Waals surface area contributed by atoms with Gasteiger partial charge in [-0.1, -0.05) is 23.2 Å². The van der Waals surface area contributed by atoms with Gasteiger partial charge < -0.3 is 19.3 Å². The molecule has 3 fully saturated rings.